The van der Waals surface area contributed by atoms with Gasteiger partial charge in [-0.3, -0.25) is 9.69 Å². The molecule has 0 aliphatic carbocycles. The largest absolute Gasteiger partial charge is 0.314 e. The number of benzene rings is 1. The second kappa shape index (κ2) is 5.35. The van der Waals surface area contributed by atoms with Gasteiger partial charge in [0.15, 0.2) is 0 Å². The summed E-state index contributed by atoms with van der Waals surface area (Å²) in [6.45, 7) is 6.96. The van der Waals surface area contributed by atoms with Crippen LogP contribution in [0.2, 0.25) is 0 Å². The molecule has 4 heteroatoms. The number of rotatable bonds is 4. The van der Waals surface area contributed by atoms with Gasteiger partial charge in [-0.05, 0) is 5.56 Å². The SMILES string of the molecule is N#CC(C(=O)C[N+]12CCN(CC1)CC2)c1ccccc1. The van der Waals surface area contributed by atoms with E-state index in [9.17, 15) is 10.1 Å². The second-order valence-electron chi connectivity index (χ2n) is 5.95. The molecule has 0 spiro atoms. The summed E-state index contributed by atoms with van der Waals surface area (Å²) in [4.78, 5) is 15.0. The Morgan fingerprint density at radius 1 is 1.20 bits per heavy atom. The van der Waals surface area contributed by atoms with Crippen molar-refractivity contribution in [2.24, 2.45) is 0 Å². The number of quaternary nitrogens is 1. The predicted octanol–water partition coefficient (Wildman–Crippen LogP) is 1.01. The van der Waals surface area contributed by atoms with Crippen molar-refractivity contribution in [2.45, 2.75) is 5.92 Å². The minimum Gasteiger partial charge on any atom is -0.314 e. The molecule has 3 aliphatic heterocycles. The highest BCUT2D eigenvalue weighted by Gasteiger charge is 2.41. The summed E-state index contributed by atoms with van der Waals surface area (Å²) < 4.78 is 0.889. The van der Waals surface area contributed by atoms with Crippen LogP contribution in [-0.4, -0.2) is 61.0 Å². The molecule has 1 aromatic rings. The van der Waals surface area contributed by atoms with E-state index < -0.39 is 5.92 Å². The van der Waals surface area contributed by atoms with Crippen molar-refractivity contribution in [1.82, 2.24) is 4.90 Å². The molecule has 3 fully saturated rings. The molecule has 0 saturated carbocycles. The minimum absolute atomic E-state index is 0.0778. The van der Waals surface area contributed by atoms with E-state index in [0.29, 0.717) is 6.54 Å². The number of piperazine rings is 3. The van der Waals surface area contributed by atoms with Gasteiger partial charge in [-0.1, -0.05) is 30.3 Å². The van der Waals surface area contributed by atoms with Crippen LogP contribution in [0.15, 0.2) is 30.3 Å². The Hall–Kier alpha value is -1.70. The summed E-state index contributed by atoms with van der Waals surface area (Å²) in [6.07, 6.45) is 0. The van der Waals surface area contributed by atoms with Gasteiger partial charge in [0.25, 0.3) is 0 Å². The van der Waals surface area contributed by atoms with Crippen molar-refractivity contribution in [3.8, 4) is 6.07 Å². The molecule has 20 heavy (non-hydrogen) atoms. The number of nitrogens with zero attached hydrogens (tertiary/aromatic N) is 3. The topological polar surface area (TPSA) is 44.1 Å². The van der Waals surface area contributed by atoms with Crippen molar-refractivity contribution < 1.29 is 9.28 Å². The number of ketones is 1. The fourth-order valence-corrected chi connectivity index (χ4v) is 3.37. The highest BCUT2D eigenvalue weighted by atomic mass is 16.1. The first-order valence-corrected chi connectivity index (χ1v) is 7.27. The molecule has 1 unspecified atom stereocenters. The minimum atomic E-state index is -0.608. The van der Waals surface area contributed by atoms with Crippen LogP contribution in [0.4, 0.5) is 0 Å². The van der Waals surface area contributed by atoms with E-state index in [1.54, 1.807) is 0 Å². The first kappa shape index (κ1) is 13.3. The first-order valence-electron chi connectivity index (χ1n) is 7.27. The number of fused-ring (bicyclic) bond motifs is 3. The average Bonchev–Trinajstić information content (AvgIpc) is 2.50. The van der Waals surface area contributed by atoms with Gasteiger partial charge < -0.3 is 4.48 Å². The highest BCUT2D eigenvalue weighted by molar-refractivity contribution is 5.89. The summed E-state index contributed by atoms with van der Waals surface area (Å²) in [5.74, 6) is -0.530. The molecular weight excluding hydrogens is 250 g/mol. The van der Waals surface area contributed by atoms with E-state index in [1.165, 1.54) is 0 Å². The van der Waals surface area contributed by atoms with Crippen LogP contribution in [0, 0.1) is 11.3 Å². The number of hydrogen-bond donors (Lipinski definition) is 0. The van der Waals surface area contributed by atoms with Crippen LogP contribution in [0.3, 0.4) is 0 Å². The second-order valence-corrected chi connectivity index (χ2v) is 5.95. The van der Waals surface area contributed by atoms with Crippen LogP contribution in [0.5, 0.6) is 0 Å². The molecule has 3 heterocycles. The fraction of sp³-hybridized carbons (Fsp3) is 0.500. The molecule has 104 valence electrons. The van der Waals surface area contributed by atoms with Crippen molar-refractivity contribution in [2.75, 3.05) is 45.8 Å². The summed E-state index contributed by atoms with van der Waals surface area (Å²) >= 11 is 0. The maximum Gasteiger partial charge on any atom is 0.208 e. The Balaban J connectivity index is 1.73. The standard InChI is InChI=1S/C16H20N3O/c17-12-15(14-4-2-1-3-5-14)16(20)13-19-9-6-18(7-10-19)8-11-19/h1-5,15H,6-11,13H2/q+1. The lowest BCUT2D eigenvalue weighted by Gasteiger charge is -2.50. The van der Waals surface area contributed by atoms with Crippen LogP contribution in [0.1, 0.15) is 11.5 Å². The predicted molar refractivity (Wildman–Crippen MR) is 76.0 cm³/mol. The van der Waals surface area contributed by atoms with Gasteiger partial charge in [-0.25, -0.2) is 0 Å². The highest BCUT2D eigenvalue weighted by Crippen LogP contribution is 2.23. The van der Waals surface area contributed by atoms with Gasteiger partial charge in [-0.15, -0.1) is 0 Å². The molecule has 4 nitrogen and oxygen atoms in total. The summed E-state index contributed by atoms with van der Waals surface area (Å²) in [7, 11) is 0. The van der Waals surface area contributed by atoms with E-state index in [2.05, 4.69) is 11.0 Å². The summed E-state index contributed by atoms with van der Waals surface area (Å²) in [5, 5.41) is 9.36. The third-order valence-corrected chi connectivity index (χ3v) is 4.75. The molecule has 0 amide bonds. The molecule has 1 aromatic carbocycles. The molecule has 0 aromatic heterocycles. The number of hydrogen-bond acceptors (Lipinski definition) is 3. The van der Waals surface area contributed by atoms with Gasteiger partial charge in [-0.2, -0.15) is 5.26 Å². The van der Waals surface area contributed by atoms with Gasteiger partial charge in [0.2, 0.25) is 5.78 Å². The molecule has 0 radical (unpaired) electrons. The molecule has 1 atom stereocenters. The molecular formula is C16H20N3O+. The third-order valence-electron chi connectivity index (χ3n) is 4.75. The number of Topliss-reactive ketones (excluding diaryl/α,β-unsaturated/α-hetero) is 1. The van der Waals surface area contributed by atoms with Gasteiger partial charge in [0, 0.05) is 19.6 Å². The van der Waals surface area contributed by atoms with Crippen molar-refractivity contribution in [3.63, 3.8) is 0 Å². The maximum atomic E-state index is 12.6. The number of carbonyl (C=O) groups is 1. The van der Waals surface area contributed by atoms with Crippen molar-refractivity contribution >= 4 is 5.78 Å². The Morgan fingerprint density at radius 3 is 2.35 bits per heavy atom. The molecule has 0 N–H and O–H groups in total. The molecule has 2 bridgehead atoms. The zero-order chi connectivity index (χ0) is 14.0. The summed E-state index contributed by atoms with van der Waals surface area (Å²) in [6, 6.07) is 11.6. The Morgan fingerprint density at radius 2 is 1.80 bits per heavy atom. The molecule has 3 saturated heterocycles. The molecule has 3 aliphatic rings. The van der Waals surface area contributed by atoms with Crippen LogP contribution >= 0.6 is 0 Å². The Kier molecular flexibility index (Phi) is 3.56. The van der Waals surface area contributed by atoms with Crippen LogP contribution in [-0.2, 0) is 4.79 Å². The smallest absolute Gasteiger partial charge is 0.208 e. The Bertz CT molecular complexity index is 513. The van der Waals surface area contributed by atoms with Gasteiger partial charge in [0.05, 0.1) is 25.7 Å². The summed E-state index contributed by atoms with van der Waals surface area (Å²) in [5.41, 5.74) is 0.828. The quantitative estimate of drug-likeness (QED) is 0.767. The van der Waals surface area contributed by atoms with Crippen LogP contribution in [0.25, 0.3) is 0 Å². The lowest BCUT2D eigenvalue weighted by molar-refractivity contribution is -0.933. The average molecular weight is 270 g/mol. The maximum absolute atomic E-state index is 12.6. The first-order chi connectivity index (χ1) is 9.72. The van der Waals surface area contributed by atoms with E-state index in [0.717, 1.165) is 49.3 Å². The number of nitriles is 1. The fourth-order valence-electron chi connectivity index (χ4n) is 3.37. The zero-order valence-electron chi connectivity index (χ0n) is 11.7. The lowest BCUT2D eigenvalue weighted by atomic mass is 9.94. The number of carbonyl (C=O) groups excluding carboxylic acids is 1. The molecule has 4 rings (SSSR count). The lowest BCUT2D eigenvalue weighted by Crippen LogP contribution is -2.68. The van der Waals surface area contributed by atoms with E-state index in [-0.39, 0.29) is 5.78 Å². The van der Waals surface area contributed by atoms with Gasteiger partial charge in [0.1, 0.15) is 12.5 Å². The van der Waals surface area contributed by atoms with E-state index >= 15 is 0 Å². The van der Waals surface area contributed by atoms with E-state index in [1.807, 2.05) is 30.3 Å². The van der Waals surface area contributed by atoms with E-state index in [4.69, 9.17) is 0 Å². The Labute approximate surface area is 119 Å². The van der Waals surface area contributed by atoms with Gasteiger partial charge >= 0.3 is 0 Å². The third kappa shape index (κ3) is 2.47. The van der Waals surface area contributed by atoms with Crippen molar-refractivity contribution in [3.05, 3.63) is 35.9 Å². The van der Waals surface area contributed by atoms with Crippen molar-refractivity contribution in [1.29, 1.82) is 5.26 Å². The van der Waals surface area contributed by atoms with Crippen LogP contribution < -0.4 is 0 Å². The monoisotopic (exact) mass is 270 g/mol. The normalized spacial score (nSPS) is 29.6. The zero-order valence-corrected chi connectivity index (χ0v) is 11.7.